The van der Waals surface area contributed by atoms with Gasteiger partial charge in [0.25, 0.3) is 5.78 Å². The molecule has 0 unspecified atom stereocenters. The summed E-state index contributed by atoms with van der Waals surface area (Å²) in [7, 11) is 0. The average Bonchev–Trinajstić information content (AvgIpc) is 2.84. The minimum Gasteiger partial charge on any atom is -0.342 e. The van der Waals surface area contributed by atoms with Gasteiger partial charge in [0.15, 0.2) is 0 Å². The number of fused-ring (bicyclic) bond motifs is 1. The maximum absolute atomic E-state index is 12.8. The Hall–Kier alpha value is -1.83. The van der Waals surface area contributed by atoms with Crippen molar-refractivity contribution in [3.05, 3.63) is 34.4 Å². The van der Waals surface area contributed by atoms with Crippen molar-refractivity contribution in [2.45, 2.75) is 26.6 Å². The number of alkyl halides is 3. The molecule has 24 heavy (non-hydrogen) atoms. The number of ketones is 1. The summed E-state index contributed by atoms with van der Waals surface area (Å²) >= 11 is 3.19. The van der Waals surface area contributed by atoms with Crippen LogP contribution in [0, 0.1) is 0 Å². The largest absolute Gasteiger partial charge is 0.454 e. The Morgan fingerprint density at radius 2 is 1.83 bits per heavy atom. The van der Waals surface area contributed by atoms with E-state index in [1.54, 1.807) is 17.0 Å². The molecule has 2 aromatic rings. The highest BCUT2D eigenvalue weighted by molar-refractivity contribution is 9.10. The topological polar surface area (TPSA) is 42.3 Å². The Morgan fingerprint density at radius 1 is 1.21 bits per heavy atom. The number of carbonyl (C=O) groups excluding carboxylic acids is 2. The van der Waals surface area contributed by atoms with Gasteiger partial charge in [-0.1, -0.05) is 15.9 Å². The molecule has 0 aliphatic rings. The quantitative estimate of drug-likeness (QED) is 0.706. The molecule has 4 nitrogen and oxygen atoms in total. The average molecular weight is 405 g/mol. The molecular formula is C16H16BrF3N2O2. The fraction of sp³-hybridized carbons (Fsp3) is 0.375. The van der Waals surface area contributed by atoms with Gasteiger partial charge in [-0.15, -0.1) is 0 Å². The summed E-state index contributed by atoms with van der Waals surface area (Å²) in [6.07, 6.45) is -3.86. The lowest BCUT2D eigenvalue weighted by Gasteiger charge is -2.19. The number of halogens is 4. The first-order valence-electron chi connectivity index (χ1n) is 7.36. The van der Waals surface area contributed by atoms with Gasteiger partial charge >= 0.3 is 6.18 Å². The predicted molar refractivity (Wildman–Crippen MR) is 88.0 cm³/mol. The van der Waals surface area contributed by atoms with E-state index in [0.717, 1.165) is 6.20 Å². The lowest BCUT2D eigenvalue weighted by molar-refractivity contribution is -0.131. The lowest BCUT2D eigenvalue weighted by Crippen LogP contribution is -2.33. The first-order chi connectivity index (χ1) is 11.2. The fourth-order valence-corrected chi connectivity index (χ4v) is 2.92. The first kappa shape index (κ1) is 18.5. The maximum Gasteiger partial charge on any atom is 0.454 e. The summed E-state index contributed by atoms with van der Waals surface area (Å²) in [5.74, 6) is -2.13. The number of hydrogen-bond acceptors (Lipinski definition) is 2. The van der Waals surface area contributed by atoms with Crippen LogP contribution in [0.25, 0.3) is 10.9 Å². The van der Waals surface area contributed by atoms with Gasteiger partial charge in [-0.25, -0.2) is 0 Å². The van der Waals surface area contributed by atoms with Gasteiger partial charge in [0.05, 0.1) is 5.56 Å². The van der Waals surface area contributed by atoms with E-state index in [9.17, 15) is 22.8 Å². The number of hydrogen-bond donors (Lipinski definition) is 0. The van der Waals surface area contributed by atoms with Gasteiger partial charge in [-0.3, -0.25) is 9.59 Å². The van der Waals surface area contributed by atoms with Crippen LogP contribution in [0.3, 0.4) is 0 Å². The molecule has 0 aliphatic heterocycles. The number of likely N-dealkylation sites (N-methyl/N-ethyl adjacent to an activating group) is 1. The summed E-state index contributed by atoms with van der Waals surface area (Å²) in [5.41, 5.74) is -0.0440. The Kier molecular flexibility index (Phi) is 5.37. The van der Waals surface area contributed by atoms with Crippen molar-refractivity contribution in [3.8, 4) is 0 Å². The standard InChI is InChI=1S/C16H16BrF3N2O2/c1-3-21(4-2)14(23)9-22-8-12(15(24)16(18,19)20)11-7-10(17)5-6-13(11)22/h5-8H,3-4,9H2,1-2H3. The van der Waals surface area contributed by atoms with Gasteiger partial charge in [-0.05, 0) is 32.0 Å². The Bertz CT molecular complexity index is 779. The van der Waals surface area contributed by atoms with Crippen LogP contribution in [0.15, 0.2) is 28.9 Å². The van der Waals surface area contributed by atoms with E-state index in [-0.39, 0.29) is 17.8 Å². The summed E-state index contributed by atoms with van der Waals surface area (Å²) in [6, 6.07) is 4.69. The third-order valence-electron chi connectivity index (χ3n) is 3.77. The minimum absolute atomic E-state index is 0.120. The fourth-order valence-electron chi connectivity index (χ4n) is 2.56. The van der Waals surface area contributed by atoms with Crippen LogP contribution in [-0.4, -0.2) is 40.4 Å². The summed E-state index contributed by atoms with van der Waals surface area (Å²) in [4.78, 5) is 25.5. The zero-order valence-electron chi connectivity index (χ0n) is 13.2. The Morgan fingerprint density at radius 3 is 2.38 bits per heavy atom. The van der Waals surface area contributed by atoms with E-state index in [4.69, 9.17) is 0 Å². The molecule has 8 heteroatoms. The number of rotatable bonds is 5. The third kappa shape index (κ3) is 3.63. The van der Waals surface area contributed by atoms with Crippen LogP contribution in [0.4, 0.5) is 13.2 Å². The van der Waals surface area contributed by atoms with Crippen molar-refractivity contribution in [1.82, 2.24) is 9.47 Å². The molecule has 0 saturated carbocycles. The summed E-state index contributed by atoms with van der Waals surface area (Å²) in [5, 5.41) is 0.166. The second kappa shape index (κ2) is 6.96. The molecule has 0 atom stereocenters. The van der Waals surface area contributed by atoms with E-state index < -0.39 is 17.5 Å². The van der Waals surface area contributed by atoms with Crippen LogP contribution in [0.5, 0.6) is 0 Å². The second-order valence-corrected chi connectivity index (χ2v) is 6.14. The molecule has 130 valence electrons. The van der Waals surface area contributed by atoms with Crippen molar-refractivity contribution in [2.75, 3.05) is 13.1 Å². The molecule has 0 bridgehead atoms. The summed E-state index contributed by atoms with van der Waals surface area (Å²) in [6.45, 7) is 4.55. The van der Waals surface area contributed by atoms with Crippen molar-refractivity contribution in [2.24, 2.45) is 0 Å². The normalized spacial score (nSPS) is 11.8. The lowest BCUT2D eigenvalue weighted by atomic mass is 10.1. The number of benzene rings is 1. The van der Waals surface area contributed by atoms with E-state index in [1.807, 2.05) is 13.8 Å². The maximum atomic E-state index is 12.8. The number of amides is 1. The molecule has 0 aliphatic carbocycles. The Labute approximate surface area is 145 Å². The van der Waals surface area contributed by atoms with Gasteiger partial charge in [-0.2, -0.15) is 13.2 Å². The molecule has 1 amide bonds. The molecule has 0 N–H and O–H groups in total. The van der Waals surface area contributed by atoms with E-state index in [0.29, 0.717) is 23.1 Å². The highest BCUT2D eigenvalue weighted by Crippen LogP contribution is 2.30. The zero-order chi connectivity index (χ0) is 18.1. The van der Waals surface area contributed by atoms with Crippen molar-refractivity contribution in [3.63, 3.8) is 0 Å². The molecule has 0 spiro atoms. The smallest absolute Gasteiger partial charge is 0.342 e. The van der Waals surface area contributed by atoms with Crippen LogP contribution < -0.4 is 0 Å². The van der Waals surface area contributed by atoms with Gasteiger partial charge in [0.2, 0.25) is 5.91 Å². The molecule has 1 aromatic carbocycles. The van der Waals surface area contributed by atoms with E-state index in [2.05, 4.69) is 15.9 Å². The van der Waals surface area contributed by atoms with Gasteiger partial charge < -0.3 is 9.47 Å². The highest BCUT2D eigenvalue weighted by atomic mass is 79.9. The van der Waals surface area contributed by atoms with Crippen molar-refractivity contribution < 1.29 is 22.8 Å². The van der Waals surface area contributed by atoms with Crippen LogP contribution in [0.1, 0.15) is 24.2 Å². The minimum atomic E-state index is -4.97. The second-order valence-electron chi connectivity index (χ2n) is 5.23. The Balaban J connectivity index is 2.52. The number of carbonyl (C=O) groups is 2. The summed E-state index contributed by atoms with van der Waals surface area (Å²) < 4.78 is 40.4. The van der Waals surface area contributed by atoms with Crippen molar-refractivity contribution in [1.29, 1.82) is 0 Å². The SMILES string of the molecule is CCN(CC)C(=O)Cn1cc(C(=O)C(F)(F)F)c2cc(Br)ccc21. The van der Waals surface area contributed by atoms with E-state index >= 15 is 0 Å². The van der Waals surface area contributed by atoms with Crippen LogP contribution >= 0.6 is 15.9 Å². The molecular weight excluding hydrogens is 389 g/mol. The molecule has 0 radical (unpaired) electrons. The van der Waals surface area contributed by atoms with Gasteiger partial charge in [0.1, 0.15) is 6.54 Å². The van der Waals surface area contributed by atoms with Crippen LogP contribution in [-0.2, 0) is 11.3 Å². The third-order valence-corrected chi connectivity index (χ3v) is 4.26. The van der Waals surface area contributed by atoms with Crippen LogP contribution in [0.2, 0.25) is 0 Å². The molecule has 1 heterocycles. The monoisotopic (exact) mass is 404 g/mol. The number of aromatic nitrogens is 1. The molecule has 1 aromatic heterocycles. The van der Waals surface area contributed by atoms with E-state index in [1.165, 1.54) is 10.6 Å². The number of nitrogens with zero attached hydrogens (tertiary/aromatic N) is 2. The molecule has 0 fully saturated rings. The molecule has 2 rings (SSSR count). The predicted octanol–water partition coefficient (Wildman–Crippen LogP) is 4.02. The van der Waals surface area contributed by atoms with Crippen molar-refractivity contribution >= 4 is 38.5 Å². The molecule has 0 saturated heterocycles. The first-order valence-corrected chi connectivity index (χ1v) is 8.16. The zero-order valence-corrected chi connectivity index (χ0v) is 14.7. The highest BCUT2D eigenvalue weighted by Gasteiger charge is 2.41. The number of Topliss-reactive ketones (excluding diaryl/α,β-unsaturated/α-hetero) is 1. The van der Waals surface area contributed by atoms with Gasteiger partial charge in [0, 0.05) is 34.7 Å².